The fourth-order valence-electron chi connectivity index (χ4n) is 1.60. The molecular weight excluding hydrogens is 172 g/mol. The Bertz CT molecular complexity index is 279. The molecule has 0 saturated carbocycles. The quantitative estimate of drug-likeness (QED) is 0.660. The van der Waals surface area contributed by atoms with Crippen LogP contribution in [-0.4, -0.2) is 6.61 Å². The molecule has 0 atom stereocenters. The Kier molecular flexibility index (Phi) is 4.51. The molecule has 1 aliphatic rings. The number of hydrogen-bond donors (Lipinski definition) is 0. The molecule has 0 saturated heterocycles. The van der Waals surface area contributed by atoms with Gasteiger partial charge in [0, 0.05) is 0 Å². The Hall–Kier alpha value is -0.980. The molecular formula is C13H20O. The molecule has 0 fully saturated rings. The fraction of sp³-hybridized carbons (Fsp3) is 0.538. The van der Waals surface area contributed by atoms with Crippen LogP contribution in [0.5, 0.6) is 5.75 Å². The lowest BCUT2D eigenvalue weighted by molar-refractivity contribution is 0.288. The van der Waals surface area contributed by atoms with Crippen LogP contribution in [0.15, 0.2) is 18.2 Å². The highest BCUT2D eigenvalue weighted by Crippen LogP contribution is 2.25. The average Bonchev–Trinajstić information content (AvgIpc) is 2.31. The molecule has 2 rings (SSSR count). The van der Waals surface area contributed by atoms with Gasteiger partial charge in [-0.2, -0.15) is 0 Å². The van der Waals surface area contributed by atoms with Gasteiger partial charge in [0.25, 0.3) is 0 Å². The first-order chi connectivity index (χ1) is 6.90. The van der Waals surface area contributed by atoms with Crippen molar-refractivity contribution >= 4 is 0 Å². The molecule has 1 aromatic rings. The zero-order chi connectivity index (χ0) is 10.4. The molecule has 0 aromatic heterocycles. The first-order valence-electron chi connectivity index (χ1n) is 5.65. The molecule has 1 heterocycles. The highest BCUT2D eigenvalue weighted by Gasteiger charge is 2.09. The summed E-state index contributed by atoms with van der Waals surface area (Å²) >= 11 is 0. The van der Waals surface area contributed by atoms with Crippen LogP contribution in [0, 0.1) is 0 Å². The van der Waals surface area contributed by atoms with E-state index < -0.39 is 0 Å². The first-order valence-corrected chi connectivity index (χ1v) is 5.65. The molecule has 0 amide bonds. The van der Waals surface area contributed by atoms with Gasteiger partial charge in [0.15, 0.2) is 0 Å². The average molecular weight is 192 g/mol. The number of hydrogen-bond acceptors (Lipinski definition) is 1. The predicted octanol–water partition coefficient (Wildman–Crippen LogP) is 3.60. The molecule has 1 aromatic carbocycles. The maximum absolute atomic E-state index is 5.57. The molecule has 0 N–H and O–H groups in total. The second-order valence-corrected chi connectivity index (χ2v) is 3.25. The van der Waals surface area contributed by atoms with Crippen molar-refractivity contribution < 1.29 is 4.74 Å². The Morgan fingerprint density at radius 3 is 2.79 bits per heavy atom. The van der Waals surface area contributed by atoms with Crippen LogP contribution in [0.2, 0.25) is 0 Å². The number of benzene rings is 1. The summed E-state index contributed by atoms with van der Waals surface area (Å²) in [5.74, 6) is 1.11. The van der Waals surface area contributed by atoms with Gasteiger partial charge >= 0.3 is 0 Å². The summed E-state index contributed by atoms with van der Waals surface area (Å²) < 4.78 is 5.57. The van der Waals surface area contributed by atoms with Crippen molar-refractivity contribution in [1.82, 2.24) is 0 Å². The molecule has 0 unspecified atom stereocenters. The van der Waals surface area contributed by atoms with Crippen LogP contribution < -0.4 is 4.74 Å². The third-order valence-corrected chi connectivity index (χ3v) is 2.39. The summed E-state index contributed by atoms with van der Waals surface area (Å²) in [6.07, 6.45) is 3.44. The SMILES string of the molecule is CC.CCc1ccc2c(c1)OCCC2. The third kappa shape index (κ3) is 2.50. The molecule has 1 heteroatoms. The molecule has 78 valence electrons. The monoisotopic (exact) mass is 192 g/mol. The summed E-state index contributed by atoms with van der Waals surface area (Å²) in [4.78, 5) is 0. The molecule has 0 aliphatic carbocycles. The van der Waals surface area contributed by atoms with Gasteiger partial charge in [-0.15, -0.1) is 0 Å². The van der Waals surface area contributed by atoms with Crippen molar-refractivity contribution in [2.24, 2.45) is 0 Å². The van der Waals surface area contributed by atoms with Gasteiger partial charge in [0.1, 0.15) is 5.75 Å². The van der Waals surface area contributed by atoms with E-state index in [0.29, 0.717) is 0 Å². The van der Waals surface area contributed by atoms with E-state index in [4.69, 9.17) is 4.74 Å². The van der Waals surface area contributed by atoms with Crippen molar-refractivity contribution in [2.45, 2.75) is 40.0 Å². The topological polar surface area (TPSA) is 9.23 Å². The molecule has 1 nitrogen and oxygen atoms in total. The summed E-state index contributed by atoms with van der Waals surface area (Å²) in [6.45, 7) is 7.06. The van der Waals surface area contributed by atoms with Crippen LogP contribution in [0.3, 0.4) is 0 Å². The molecule has 0 radical (unpaired) electrons. The number of rotatable bonds is 1. The van der Waals surface area contributed by atoms with Crippen molar-refractivity contribution in [2.75, 3.05) is 6.61 Å². The van der Waals surface area contributed by atoms with Gasteiger partial charge in [-0.25, -0.2) is 0 Å². The van der Waals surface area contributed by atoms with E-state index >= 15 is 0 Å². The smallest absolute Gasteiger partial charge is 0.122 e. The van der Waals surface area contributed by atoms with Crippen molar-refractivity contribution in [3.8, 4) is 5.75 Å². The van der Waals surface area contributed by atoms with Gasteiger partial charge in [-0.1, -0.05) is 32.9 Å². The van der Waals surface area contributed by atoms with E-state index in [9.17, 15) is 0 Å². The summed E-state index contributed by atoms with van der Waals surface area (Å²) in [7, 11) is 0. The second-order valence-electron chi connectivity index (χ2n) is 3.25. The van der Waals surface area contributed by atoms with E-state index in [1.807, 2.05) is 13.8 Å². The van der Waals surface area contributed by atoms with Crippen LogP contribution in [0.4, 0.5) is 0 Å². The second kappa shape index (κ2) is 5.69. The Balaban J connectivity index is 0.000000461. The molecule has 0 spiro atoms. The van der Waals surface area contributed by atoms with E-state index in [2.05, 4.69) is 25.1 Å². The summed E-state index contributed by atoms with van der Waals surface area (Å²) in [5.41, 5.74) is 2.74. The van der Waals surface area contributed by atoms with E-state index in [-0.39, 0.29) is 0 Å². The lowest BCUT2D eigenvalue weighted by atomic mass is 10.0. The largest absolute Gasteiger partial charge is 0.493 e. The predicted molar refractivity (Wildman–Crippen MR) is 61.0 cm³/mol. The summed E-state index contributed by atoms with van der Waals surface area (Å²) in [5, 5.41) is 0. The lowest BCUT2D eigenvalue weighted by Crippen LogP contribution is -2.08. The van der Waals surface area contributed by atoms with Gasteiger partial charge in [-0.3, -0.25) is 0 Å². The minimum Gasteiger partial charge on any atom is -0.493 e. The fourth-order valence-corrected chi connectivity index (χ4v) is 1.60. The van der Waals surface area contributed by atoms with Gasteiger partial charge < -0.3 is 4.74 Å². The van der Waals surface area contributed by atoms with E-state index in [1.54, 1.807) is 0 Å². The Morgan fingerprint density at radius 2 is 2.07 bits per heavy atom. The van der Waals surface area contributed by atoms with Gasteiger partial charge in [0.05, 0.1) is 6.61 Å². The van der Waals surface area contributed by atoms with Crippen molar-refractivity contribution in [3.63, 3.8) is 0 Å². The van der Waals surface area contributed by atoms with Crippen molar-refractivity contribution in [3.05, 3.63) is 29.3 Å². The van der Waals surface area contributed by atoms with E-state index in [1.165, 1.54) is 24.0 Å². The molecule has 14 heavy (non-hydrogen) atoms. The lowest BCUT2D eigenvalue weighted by Gasteiger charge is -2.17. The van der Waals surface area contributed by atoms with Crippen LogP contribution in [0.25, 0.3) is 0 Å². The summed E-state index contributed by atoms with van der Waals surface area (Å²) in [6, 6.07) is 6.58. The van der Waals surface area contributed by atoms with Crippen LogP contribution in [0.1, 0.15) is 38.3 Å². The zero-order valence-electron chi connectivity index (χ0n) is 9.47. The highest BCUT2D eigenvalue weighted by molar-refractivity contribution is 5.38. The number of ether oxygens (including phenoxy) is 1. The minimum atomic E-state index is 0.889. The van der Waals surface area contributed by atoms with Crippen molar-refractivity contribution in [1.29, 1.82) is 0 Å². The number of aryl methyl sites for hydroxylation is 2. The first kappa shape index (κ1) is 11.1. The zero-order valence-corrected chi connectivity index (χ0v) is 9.47. The normalized spacial score (nSPS) is 13.4. The maximum atomic E-state index is 5.57. The highest BCUT2D eigenvalue weighted by atomic mass is 16.5. The minimum absolute atomic E-state index is 0.889. The Morgan fingerprint density at radius 1 is 1.29 bits per heavy atom. The molecule has 1 aliphatic heterocycles. The standard InChI is InChI=1S/C11H14O.C2H6/c1-2-9-5-6-10-4-3-7-12-11(10)8-9;1-2/h5-6,8H,2-4,7H2,1H3;1-2H3. The Labute approximate surface area is 87.1 Å². The van der Waals surface area contributed by atoms with Crippen LogP contribution in [-0.2, 0) is 12.8 Å². The third-order valence-electron chi connectivity index (χ3n) is 2.39. The van der Waals surface area contributed by atoms with Gasteiger partial charge in [0.2, 0.25) is 0 Å². The van der Waals surface area contributed by atoms with Gasteiger partial charge in [-0.05, 0) is 36.5 Å². The van der Waals surface area contributed by atoms with E-state index in [0.717, 1.165) is 18.8 Å². The van der Waals surface area contributed by atoms with Crippen LogP contribution >= 0.6 is 0 Å². The number of fused-ring (bicyclic) bond motifs is 1. The molecule has 0 bridgehead atoms. The maximum Gasteiger partial charge on any atom is 0.122 e.